The van der Waals surface area contributed by atoms with Crippen molar-refractivity contribution in [2.24, 2.45) is 5.92 Å². The Morgan fingerprint density at radius 3 is 2.72 bits per heavy atom. The van der Waals surface area contributed by atoms with Crippen molar-refractivity contribution < 1.29 is 4.42 Å². The van der Waals surface area contributed by atoms with E-state index in [2.05, 4.69) is 30.6 Å². The number of hydrogen-bond donors (Lipinski definition) is 1. The van der Waals surface area contributed by atoms with Gasteiger partial charge in [-0.1, -0.05) is 19.3 Å². The Balaban J connectivity index is 1.75. The van der Waals surface area contributed by atoms with Crippen LogP contribution in [0, 0.1) is 5.92 Å². The highest BCUT2D eigenvalue weighted by atomic mass is 32.2. The highest BCUT2D eigenvalue weighted by Crippen LogP contribution is 2.26. The zero-order valence-corrected chi connectivity index (χ0v) is 12.4. The summed E-state index contributed by atoms with van der Waals surface area (Å²) in [6.07, 6.45) is 9.14. The molecule has 0 bridgehead atoms. The van der Waals surface area contributed by atoms with E-state index >= 15 is 0 Å². The molecular weight excluding hydrogens is 242 g/mol. The molecular formula is C15H25NOS. The molecule has 102 valence electrons. The summed E-state index contributed by atoms with van der Waals surface area (Å²) < 4.78 is 5.78. The molecule has 1 aromatic heterocycles. The maximum absolute atomic E-state index is 5.78. The molecule has 1 aromatic rings. The molecule has 1 aliphatic rings. The minimum absolute atomic E-state index is 0.611. The molecule has 0 amide bonds. The summed E-state index contributed by atoms with van der Waals surface area (Å²) in [6.45, 7) is 3.19. The van der Waals surface area contributed by atoms with E-state index in [1.165, 1.54) is 32.1 Å². The zero-order chi connectivity index (χ0) is 12.8. The average molecular weight is 267 g/mol. The SMILES string of the molecule is CSCc1ccc(CN[C@H](C)C2CCCCC2)o1. The van der Waals surface area contributed by atoms with Gasteiger partial charge in [0.2, 0.25) is 0 Å². The van der Waals surface area contributed by atoms with Gasteiger partial charge in [-0.05, 0) is 44.1 Å². The molecule has 2 rings (SSSR count). The largest absolute Gasteiger partial charge is 0.464 e. The lowest BCUT2D eigenvalue weighted by atomic mass is 9.84. The molecule has 1 fully saturated rings. The maximum Gasteiger partial charge on any atom is 0.118 e. The molecule has 1 saturated carbocycles. The fourth-order valence-electron chi connectivity index (χ4n) is 2.80. The van der Waals surface area contributed by atoms with Crippen molar-refractivity contribution in [1.29, 1.82) is 0 Å². The van der Waals surface area contributed by atoms with E-state index < -0.39 is 0 Å². The van der Waals surface area contributed by atoms with Crippen LogP contribution in [0.3, 0.4) is 0 Å². The second-order valence-electron chi connectivity index (χ2n) is 5.37. The number of hydrogen-bond acceptors (Lipinski definition) is 3. The normalized spacial score (nSPS) is 19.0. The monoisotopic (exact) mass is 267 g/mol. The molecule has 2 nitrogen and oxygen atoms in total. The van der Waals surface area contributed by atoms with Crippen LogP contribution in [0.1, 0.15) is 50.5 Å². The molecule has 1 atom stereocenters. The number of thioether (sulfide) groups is 1. The van der Waals surface area contributed by atoms with Crippen LogP contribution in [-0.2, 0) is 12.3 Å². The minimum Gasteiger partial charge on any atom is -0.464 e. The van der Waals surface area contributed by atoms with Gasteiger partial charge in [0.15, 0.2) is 0 Å². The number of nitrogens with one attached hydrogen (secondary N) is 1. The van der Waals surface area contributed by atoms with Crippen molar-refractivity contribution in [3.05, 3.63) is 23.7 Å². The molecule has 0 aliphatic heterocycles. The Labute approximate surface area is 115 Å². The first kappa shape index (κ1) is 14.0. The van der Waals surface area contributed by atoms with Crippen LogP contribution in [0.5, 0.6) is 0 Å². The van der Waals surface area contributed by atoms with Gasteiger partial charge in [-0.15, -0.1) is 0 Å². The van der Waals surface area contributed by atoms with E-state index in [0.717, 1.165) is 29.7 Å². The van der Waals surface area contributed by atoms with Gasteiger partial charge < -0.3 is 9.73 Å². The molecule has 0 saturated heterocycles. The van der Waals surface area contributed by atoms with Crippen LogP contribution < -0.4 is 5.32 Å². The van der Waals surface area contributed by atoms with Crippen molar-refractivity contribution in [3.63, 3.8) is 0 Å². The highest BCUT2D eigenvalue weighted by molar-refractivity contribution is 7.97. The fourth-order valence-corrected chi connectivity index (χ4v) is 3.24. The van der Waals surface area contributed by atoms with Gasteiger partial charge in [0.1, 0.15) is 11.5 Å². The van der Waals surface area contributed by atoms with Crippen molar-refractivity contribution in [3.8, 4) is 0 Å². The van der Waals surface area contributed by atoms with Gasteiger partial charge in [0.05, 0.1) is 12.3 Å². The Kier molecular flexibility index (Phi) is 5.64. The molecule has 0 unspecified atom stereocenters. The summed E-state index contributed by atoms with van der Waals surface area (Å²) in [6, 6.07) is 4.81. The predicted molar refractivity (Wildman–Crippen MR) is 78.8 cm³/mol. The van der Waals surface area contributed by atoms with E-state index in [9.17, 15) is 0 Å². The van der Waals surface area contributed by atoms with Gasteiger partial charge >= 0.3 is 0 Å². The van der Waals surface area contributed by atoms with E-state index in [4.69, 9.17) is 4.42 Å². The van der Waals surface area contributed by atoms with Gasteiger partial charge in [-0.2, -0.15) is 11.8 Å². The van der Waals surface area contributed by atoms with E-state index in [1.54, 1.807) is 11.8 Å². The van der Waals surface area contributed by atoms with Crippen LogP contribution in [0.2, 0.25) is 0 Å². The molecule has 3 heteroatoms. The first-order valence-corrected chi connectivity index (χ1v) is 8.49. The lowest BCUT2D eigenvalue weighted by Crippen LogP contribution is -2.34. The van der Waals surface area contributed by atoms with Gasteiger partial charge in [0.25, 0.3) is 0 Å². The van der Waals surface area contributed by atoms with E-state index in [-0.39, 0.29) is 0 Å². The predicted octanol–water partition coefficient (Wildman–Crippen LogP) is 4.20. The summed E-state index contributed by atoms with van der Waals surface area (Å²) in [4.78, 5) is 0. The van der Waals surface area contributed by atoms with Crippen molar-refractivity contribution >= 4 is 11.8 Å². The van der Waals surface area contributed by atoms with Crippen LogP contribution in [-0.4, -0.2) is 12.3 Å². The third kappa shape index (κ3) is 4.06. The Bertz CT molecular complexity index is 344. The van der Waals surface area contributed by atoms with Crippen LogP contribution >= 0.6 is 11.8 Å². The second kappa shape index (κ2) is 7.25. The zero-order valence-electron chi connectivity index (χ0n) is 11.6. The summed E-state index contributed by atoms with van der Waals surface area (Å²) in [7, 11) is 0. The number of rotatable bonds is 6. The standard InChI is InChI=1S/C15H25NOS/c1-12(13-6-4-3-5-7-13)16-10-14-8-9-15(17-14)11-18-2/h8-9,12-13,16H,3-7,10-11H2,1-2H3/t12-/m1/s1. The molecule has 0 radical (unpaired) electrons. The van der Waals surface area contributed by atoms with Crippen molar-refractivity contribution in [2.45, 2.75) is 57.4 Å². The maximum atomic E-state index is 5.78. The molecule has 0 aromatic carbocycles. The lowest BCUT2D eigenvalue weighted by Gasteiger charge is -2.28. The van der Waals surface area contributed by atoms with E-state index in [1.807, 2.05) is 0 Å². The Hall–Kier alpha value is -0.410. The smallest absolute Gasteiger partial charge is 0.118 e. The fraction of sp³-hybridized carbons (Fsp3) is 0.733. The van der Waals surface area contributed by atoms with Crippen LogP contribution in [0.25, 0.3) is 0 Å². The van der Waals surface area contributed by atoms with Crippen LogP contribution in [0.4, 0.5) is 0 Å². The Morgan fingerprint density at radius 1 is 1.28 bits per heavy atom. The van der Waals surface area contributed by atoms with Crippen molar-refractivity contribution in [1.82, 2.24) is 5.32 Å². The third-order valence-electron chi connectivity index (χ3n) is 3.96. The summed E-state index contributed by atoms with van der Waals surface area (Å²) >= 11 is 1.80. The first-order chi connectivity index (χ1) is 8.79. The summed E-state index contributed by atoms with van der Waals surface area (Å²) in [5.41, 5.74) is 0. The molecule has 18 heavy (non-hydrogen) atoms. The van der Waals surface area contributed by atoms with Gasteiger partial charge in [-0.25, -0.2) is 0 Å². The average Bonchev–Trinajstić information content (AvgIpc) is 2.85. The molecule has 1 aliphatic carbocycles. The van der Waals surface area contributed by atoms with Gasteiger partial charge in [0, 0.05) is 6.04 Å². The van der Waals surface area contributed by atoms with Crippen molar-refractivity contribution in [2.75, 3.05) is 6.26 Å². The van der Waals surface area contributed by atoms with E-state index in [0.29, 0.717) is 6.04 Å². The number of furan rings is 1. The lowest BCUT2D eigenvalue weighted by molar-refractivity contribution is 0.275. The third-order valence-corrected chi connectivity index (χ3v) is 4.53. The molecule has 1 heterocycles. The molecule has 0 spiro atoms. The first-order valence-electron chi connectivity index (χ1n) is 7.09. The molecule has 1 N–H and O–H groups in total. The summed E-state index contributed by atoms with van der Waals surface area (Å²) in [5.74, 6) is 3.99. The second-order valence-corrected chi connectivity index (χ2v) is 6.23. The van der Waals surface area contributed by atoms with Gasteiger partial charge in [-0.3, -0.25) is 0 Å². The summed E-state index contributed by atoms with van der Waals surface area (Å²) in [5, 5.41) is 3.62. The Morgan fingerprint density at radius 2 is 2.00 bits per heavy atom. The minimum atomic E-state index is 0.611. The van der Waals surface area contributed by atoms with Crippen LogP contribution in [0.15, 0.2) is 16.5 Å². The highest BCUT2D eigenvalue weighted by Gasteiger charge is 2.19. The quantitative estimate of drug-likeness (QED) is 0.836. The topological polar surface area (TPSA) is 25.2 Å².